The summed E-state index contributed by atoms with van der Waals surface area (Å²) < 4.78 is 4.93. The summed E-state index contributed by atoms with van der Waals surface area (Å²) in [6.45, 7) is 2.26. The van der Waals surface area contributed by atoms with Gasteiger partial charge in [-0.1, -0.05) is 6.07 Å². The van der Waals surface area contributed by atoms with Crippen molar-refractivity contribution in [1.82, 2.24) is 10.3 Å². The minimum atomic E-state index is -1.46. The van der Waals surface area contributed by atoms with Gasteiger partial charge in [-0.3, -0.25) is 4.98 Å². The second kappa shape index (κ2) is 7.35. The fourth-order valence-corrected chi connectivity index (χ4v) is 1.32. The van der Waals surface area contributed by atoms with Crippen LogP contribution in [-0.4, -0.2) is 42.4 Å². The van der Waals surface area contributed by atoms with E-state index in [1.165, 1.54) is 6.20 Å². The summed E-state index contributed by atoms with van der Waals surface area (Å²) in [6.07, 6.45) is 4.10. The highest BCUT2D eigenvalue weighted by atomic mass is 16.5. The summed E-state index contributed by atoms with van der Waals surface area (Å²) in [5.41, 5.74) is 1.35. The molecule has 1 aromatic rings. The van der Waals surface area contributed by atoms with Crippen molar-refractivity contribution in [2.75, 3.05) is 20.3 Å². The van der Waals surface area contributed by atoms with E-state index in [0.717, 1.165) is 25.1 Å². The first-order chi connectivity index (χ1) is 7.74. The monoisotopic (exact) mass is 224 g/mol. The Morgan fingerprint density at radius 3 is 2.94 bits per heavy atom. The van der Waals surface area contributed by atoms with E-state index >= 15 is 0 Å². The number of rotatable bonds is 7. The smallest absolute Gasteiger partial charge is 0.423 e. The molecule has 0 saturated heterocycles. The number of methoxy groups -OCH3 is 1. The third-order valence-electron chi connectivity index (χ3n) is 2.15. The molecule has 0 bridgehead atoms. The number of pyridine rings is 1. The maximum Gasteiger partial charge on any atom is 0.490 e. The highest BCUT2D eigenvalue weighted by Crippen LogP contribution is 1.94. The van der Waals surface area contributed by atoms with Gasteiger partial charge in [-0.2, -0.15) is 0 Å². The number of nitrogens with zero attached hydrogens (tertiary/aromatic N) is 1. The number of ether oxygens (including phenoxy) is 1. The van der Waals surface area contributed by atoms with Crippen LogP contribution >= 0.6 is 0 Å². The Morgan fingerprint density at radius 2 is 2.25 bits per heavy atom. The molecule has 6 heteroatoms. The summed E-state index contributed by atoms with van der Waals surface area (Å²) in [5, 5.41) is 21.2. The molecule has 0 unspecified atom stereocenters. The zero-order valence-electron chi connectivity index (χ0n) is 9.39. The van der Waals surface area contributed by atoms with E-state index in [4.69, 9.17) is 14.8 Å². The molecule has 1 heterocycles. The molecule has 0 radical (unpaired) electrons. The zero-order chi connectivity index (χ0) is 11.8. The Kier molecular flexibility index (Phi) is 6.03. The average molecular weight is 224 g/mol. The fourth-order valence-electron chi connectivity index (χ4n) is 1.32. The third kappa shape index (κ3) is 4.72. The van der Waals surface area contributed by atoms with E-state index in [-0.39, 0.29) is 0 Å². The minimum Gasteiger partial charge on any atom is -0.423 e. The Labute approximate surface area is 95.6 Å². The Morgan fingerprint density at radius 1 is 1.44 bits per heavy atom. The van der Waals surface area contributed by atoms with Gasteiger partial charge in [-0.25, -0.2) is 0 Å². The van der Waals surface area contributed by atoms with Gasteiger partial charge in [-0.15, -0.1) is 0 Å². The lowest BCUT2D eigenvalue weighted by molar-refractivity contribution is 0.194. The highest BCUT2D eigenvalue weighted by molar-refractivity contribution is 6.58. The van der Waals surface area contributed by atoms with Gasteiger partial charge in [0.25, 0.3) is 0 Å². The van der Waals surface area contributed by atoms with Gasteiger partial charge in [0.05, 0.1) is 0 Å². The van der Waals surface area contributed by atoms with Crippen LogP contribution in [0.2, 0.25) is 0 Å². The number of hydrogen-bond donors (Lipinski definition) is 3. The van der Waals surface area contributed by atoms with E-state index in [1.54, 1.807) is 19.4 Å². The molecule has 0 amide bonds. The van der Waals surface area contributed by atoms with Crippen LogP contribution < -0.4 is 10.8 Å². The first-order valence-corrected chi connectivity index (χ1v) is 5.23. The second-order valence-electron chi connectivity index (χ2n) is 3.52. The van der Waals surface area contributed by atoms with Crippen LogP contribution in [0.3, 0.4) is 0 Å². The van der Waals surface area contributed by atoms with Gasteiger partial charge in [0.1, 0.15) is 0 Å². The van der Waals surface area contributed by atoms with Gasteiger partial charge in [0.2, 0.25) is 0 Å². The standard InChI is InChI=1S/C10H17BN2O3/c1-16-4-2-3-12-6-9-5-10(11(14)15)8-13-7-9/h5,7-8,12,14-15H,2-4,6H2,1H3. The van der Waals surface area contributed by atoms with Crippen molar-refractivity contribution in [3.63, 3.8) is 0 Å². The van der Waals surface area contributed by atoms with Crippen LogP contribution in [0.15, 0.2) is 18.5 Å². The first-order valence-electron chi connectivity index (χ1n) is 5.23. The number of aromatic nitrogens is 1. The number of nitrogens with one attached hydrogen (secondary N) is 1. The Hall–Kier alpha value is -0.945. The van der Waals surface area contributed by atoms with Crippen LogP contribution in [0.25, 0.3) is 0 Å². The fraction of sp³-hybridized carbons (Fsp3) is 0.500. The lowest BCUT2D eigenvalue weighted by Gasteiger charge is -2.06. The third-order valence-corrected chi connectivity index (χ3v) is 2.15. The van der Waals surface area contributed by atoms with Crippen molar-refractivity contribution in [3.8, 4) is 0 Å². The second-order valence-corrected chi connectivity index (χ2v) is 3.52. The van der Waals surface area contributed by atoms with E-state index in [1.807, 2.05) is 0 Å². The van der Waals surface area contributed by atoms with E-state index in [9.17, 15) is 0 Å². The van der Waals surface area contributed by atoms with Gasteiger partial charge in [0.15, 0.2) is 0 Å². The van der Waals surface area contributed by atoms with Gasteiger partial charge in [-0.05, 0) is 18.5 Å². The molecule has 0 fully saturated rings. The summed E-state index contributed by atoms with van der Waals surface area (Å²) in [5.74, 6) is 0. The van der Waals surface area contributed by atoms with Crippen molar-refractivity contribution in [2.24, 2.45) is 0 Å². The van der Waals surface area contributed by atoms with Gasteiger partial charge >= 0.3 is 7.12 Å². The lowest BCUT2D eigenvalue weighted by Crippen LogP contribution is -2.31. The molecule has 5 nitrogen and oxygen atoms in total. The van der Waals surface area contributed by atoms with Crippen LogP contribution in [0.5, 0.6) is 0 Å². The first kappa shape index (κ1) is 13.1. The molecule has 1 rings (SSSR count). The molecule has 0 aliphatic carbocycles. The quantitative estimate of drug-likeness (QED) is 0.404. The van der Waals surface area contributed by atoms with Crippen LogP contribution in [0, 0.1) is 0 Å². The lowest BCUT2D eigenvalue weighted by atomic mass is 9.81. The maximum atomic E-state index is 8.97. The Balaban J connectivity index is 2.33. The van der Waals surface area contributed by atoms with Crippen molar-refractivity contribution < 1.29 is 14.8 Å². The van der Waals surface area contributed by atoms with Crippen molar-refractivity contribution in [3.05, 3.63) is 24.0 Å². The molecule has 0 saturated carbocycles. The molecular formula is C10H17BN2O3. The summed E-state index contributed by atoms with van der Waals surface area (Å²) in [6, 6.07) is 1.72. The van der Waals surface area contributed by atoms with Crippen molar-refractivity contribution in [2.45, 2.75) is 13.0 Å². The largest absolute Gasteiger partial charge is 0.490 e. The Bertz CT molecular complexity index is 310. The van der Waals surface area contributed by atoms with E-state index in [0.29, 0.717) is 12.0 Å². The van der Waals surface area contributed by atoms with Crippen molar-refractivity contribution >= 4 is 12.6 Å². The molecule has 3 N–H and O–H groups in total. The highest BCUT2D eigenvalue weighted by Gasteiger charge is 2.11. The topological polar surface area (TPSA) is 74.6 Å². The average Bonchev–Trinajstić information content (AvgIpc) is 2.29. The predicted octanol–water partition coefficient (Wildman–Crippen LogP) is -1.11. The van der Waals surface area contributed by atoms with Crippen molar-refractivity contribution in [1.29, 1.82) is 0 Å². The summed E-state index contributed by atoms with van der Waals surface area (Å²) in [7, 11) is 0.219. The van der Waals surface area contributed by atoms with E-state index < -0.39 is 7.12 Å². The summed E-state index contributed by atoms with van der Waals surface area (Å²) >= 11 is 0. The number of hydrogen-bond acceptors (Lipinski definition) is 5. The molecule has 0 atom stereocenters. The molecular weight excluding hydrogens is 207 g/mol. The SMILES string of the molecule is COCCCNCc1cncc(B(O)O)c1. The van der Waals surface area contributed by atoms with E-state index in [2.05, 4.69) is 10.3 Å². The van der Waals surface area contributed by atoms with Crippen LogP contribution in [0.1, 0.15) is 12.0 Å². The molecule has 88 valence electrons. The van der Waals surface area contributed by atoms with Crippen LogP contribution in [-0.2, 0) is 11.3 Å². The zero-order valence-corrected chi connectivity index (χ0v) is 9.39. The van der Waals surface area contributed by atoms with Crippen LogP contribution in [0.4, 0.5) is 0 Å². The molecule has 0 aliphatic heterocycles. The van der Waals surface area contributed by atoms with Gasteiger partial charge < -0.3 is 20.1 Å². The normalized spacial score (nSPS) is 10.4. The molecule has 0 spiro atoms. The van der Waals surface area contributed by atoms with Gasteiger partial charge in [0, 0.05) is 38.1 Å². The molecule has 16 heavy (non-hydrogen) atoms. The molecule has 0 aliphatic rings. The molecule has 0 aromatic carbocycles. The maximum absolute atomic E-state index is 8.97. The summed E-state index contributed by atoms with van der Waals surface area (Å²) in [4.78, 5) is 3.94. The minimum absolute atomic E-state index is 0.413. The predicted molar refractivity (Wildman–Crippen MR) is 62.3 cm³/mol. The molecule has 1 aromatic heterocycles.